The summed E-state index contributed by atoms with van der Waals surface area (Å²) in [5, 5.41) is 0. The fourth-order valence-electron chi connectivity index (χ4n) is 0.903. The number of hydrogen-bond donors (Lipinski definition) is 0. The van der Waals surface area contributed by atoms with E-state index in [4.69, 9.17) is 0 Å². The van der Waals surface area contributed by atoms with E-state index in [-0.39, 0.29) is 0 Å². The summed E-state index contributed by atoms with van der Waals surface area (Å²) >= 11 is 0. The van der Waals surface area contributed by atoms with Gasteiger partial charge in [0.1, 0.15) is 0 Å². The van der Waals surface area contributed by atoms with Crippen molar-refractivity contribution in [1.29, 1.82) is 0 Å². The zero-order valence-electron chi connectivity index (χ0n) is 8.24. The van der Waals surface area contributed by atoms with Crippen LogP contribution in [0.2, 0.25) is 0 Å². The average molecular weight is 314 g/mol. The molecule has 0 aliphatic carbocycles. The molecule has 0 spiro atoms. The molecule has 0 bridgehead atoms. The van der Waals surface area contributed by atoms with Crippen molar-refractivity contribution in [3.8, 4) is 0 Å². The lowest BCUT2D eigenvalue weighted by atomic mass is 9.90. The van der Waals surface area contributed by atoms with Crippen LogP contribution in [0.5, 0.6) is 0 Å². The smallest absolute Gasteiger partial charge is 0.216 e. The molecule has 0 saturated carbocycles. The van der Waals surface area contributed by atoms with Crippen molar-refractivity contribution in [2.24, 2.45) is 0 Å². The normalized spacial score (nSPS) is 15.6. The number of rotatable bonds is 2. The summed E-state index contributed by atoms with van der Waals surface area (Å²) in [4.78, 5) is 0. The van der Waals surface area contributed by atoms with E-state index >= 15 is 0 Å². The highest BCUT2D eigenvalue weighted by molar-refractivity contribution is 5.24. The summed E-state index contributed by atoms with van der Waals surface area (Å²) in [6, 6.07) is 0. The third kappa shape index (κ3) is 2.61. The molecule has 0 rings (SSSR count). The van der Waals surface area contributed by atoms with Crippen LogP contribution >= 0.6 is 0 Å². The van der Waals surface area contributed by atoms with E-state index in [1.54, 1.807) is 0 Å². The Bertz CT molecular complexity index is 338. The standard InChI is InChI=1S/C7H2F12/c1-2(4(10,11)12)3(8,9)5(13,6(14,15)16)7(17,18)19/h1H2. The number of alkyl halides is 12. The Morgan fingerprint density at radius 1 is 0.579 bits per heavy atom. The lowest BCUT2D eigenvalue weighted by molar-refractivity contribution is -0.392. The minimum absolute atomic E-state index is 1.38. The molecular formula is C7H2F12. The van der Waals surface area contributed by atoms with Crippen molar-refractivity contribution in [1.82, 2.24) is 0 Å². The van der Waals surface area contributed by atoms with Gasteiger partial charge in [-0.15, -0.1) is 0 Å². The Balaban J connectivity index is 6.15. The zero-order valence-corrected chi connectivity index (χ0v) is 8.24. The maximum atomic E-state index is 12.8. The molecule has 0 amide bonds. The van der Waals surface area contributed by atoms with E-state index in [1.165, 1.54) is 6.58 Å². The molecule has 0 N–H and O–H groups in total. The molecule has 0 radical (unpaired) electrons. The minimum Gasteiger partial charge on any atom is -0.216 e. The number of halogens is 12. The lowest BCUT2D eigenvalue weighted by Gasteiger charge is -2.37. The van der Waals surface area contributed by atoms with Crippen LogP contribution in [0.3, 0.4) is 0 Å². The van der Waals surface area contributed by atoms with E-state index in [9.17, 15) is 52.7 Å². The van der Waals surface area contributed by atoms with E-state index in [1.807, 2.05) is 0 Å². The molecule has 114 valence electrons. The predicted molar refractivity (Wildman–Crippen MR) is 36.1 cm³/mol. The second-order valence-electron chi connectivity index (χ2n) is 3.20. The maximum Gasteiger partial charge on any atom is 0.438 e. The fourth-order valence-corrected chi connectivity index (χ4v) is 0.903. The first-order valence-corrected chi connectivity index (χ1v) is 3.87. The van der Waals surface area contributed by atoms with Crippen molar-refractivity contribution >= 4 is 0 Å². The Morgan fingerprint density at radius 2 is 0.842 bits per heavy atom. The first kappa shape index (κ1) is 17.9. The zero-order chi connectivity index (χ0) is 16.1. The van der Waals surface area contributed by atoms with Crippen LogP contribution < -0.4 is 0 Å². The van der Waals surface area contributed by atoms with Gasteiger partial charge in [-0.25, -0.2) is 4.39 Å². The number of allylic oxidation sites excluding steroid dienone is 1. The Labute approximate surface area is 96.2 Å². The molecule has 0 unspecified atom stereocenters. The van der Waals surface area contributed by atoms with Crippen LogP contribution in [0.25, 0.3) is 0 Å². The van der Waals surface area contributed by atoms with Crippen LogP contribution in [-0.4, -0.2) is 30.1 Å². The largest absolute Gasteiger partial charge is 0.438 e. The first-order chi connectivity index (χ1) is 7.90. The Hall–Kier alpha value is -1.10. The third-order valence-electron chi connectivity index (χ3n) is 1.94. The van der Waals surface area contributed by atoms with Gasteiger partial charge >= 0.3 is 30.1 Å². The van der Waals surface area contributed by atoms with E-state index < -0.39 is 35.7 Å². The van der Waals surface area contributed by atoms with Crippen LogP contribution in [0.1, 0.15) is 0 Å². The van der Waals surface area contributed by atoms with Gasteiger partial charge in [-0.1, -0.05) is 6.58 Å². The second kappa shape index (κ2) is 4.20. The van der Waals surface area contributed by atoms with Crippen LogP contribution in [0.15, 0.2) is 12.2 Å². The summed E-state index contributed by atoms with van der Waals surface area (Å²) in [6.45, 7) is 1.38. The van der Waals surface area contributed by atoms with Crippen molar-refractivity contribution < 1.29 is 52.7 Å². The molecule has 0 nitrogen and oxygen atoms in total. The summed E-state index contributed by atoms with van der Waals surface area (Å²) < 4.78 is 145. The van der Waals surface area contributed by atoms with Crippen molar-refractivity contribution in [2.75, 3.05) is 0 Å². The van der Waals surface area contributed by atoms with E-state index in [0.717, 1.165) is 0 Å². The Kier molecular flexibility index (Phi) is 3.96. The van der Waals surface area contributed by atoms with Gasteiger partial charge in [0.2, 0.25) is 0 Å². The van der Waals surface area contributed by atoms with Crippen molar-refractivity contribution in [3.63, 3.8) is 0 Å². The molecule has 19 heavy (non-hydrogen) atoms. The Morgan fingerprint density at radius 3 is 1.00 bits per heavy atom. The summed E-state index contributed by atoms with van der Waals surface area (Å²) in [5.74, 6) is -6.97. The van der Waals surface area contributed by atoms with Gasteiger partial charge < -0.3 is 0 Å². The maximum absolute atomic E-state index is 12.8. The molecule has 0 heterocycles. The van der Waals surface area contributed by atoms with Gasteiger partial charge in [-0.05, 0) is 0 Å². The van der Waals surface area contributed by atoms with Gasteiger partial charge in [-0.2, -0.15) is 48.3 Å². The first-order valence-electron chi connectivity index (χ1n) is 3.87. The van der Waals surface area contributed by atoms with E-state index in [0.29, 0.717) is 0 Å². The van der Waals surface area contributed by atoms with Gasteiger partial charge in [0.05, 0.1) is 5.57 Å². The lowest BCUT2D eigenvalue weighted by Crippen LogP contribution is -2.66. The predicted octanol–water partition coefficient (Wildman–Crippen LogP) is 4.57. The topological polar surface area (TPSA) is 0 Å². The molecule has 0 saturated heterocycles. The molecule has 0 atom stereocenters. The van der Waals surface area contributed by atoms with Crippen LogP contribution in [0.4, 0.5) is 52.7 Å². The minimum atomic E-state index is -7.40. The molecule has 12 heteroatoms. The third-order valence-corrected chi connectivity index (χ3v) is 1.94. The highest BCUT2D eigenvalue weighted by Gasteiger charge is 2.86. The molecule has 0 aromatic heterocycles. The molecule has 0 aromatic carbocycles. The second-order valence-corrected chi connectivity index (χ2v) is 3.20. The van der Waals surface area contributed by atoms with Gasteiger partial charge in [-0.3, -0.25) is 0 Å². The quantitative estimate of drug-likeness (QED) is 0.517. The van der Waals surface area contributed by atoms with Crippen LogP contribution in [-0.2, 0) is 0 Å². The molecule has 0 aliphatic rings. The van der Waals surface area contributed by atoms with Crippen LogP contribution in [0, 0.1) is 0 Å². The number of hydrogen-bond acceptors (Lipinski definition) is 0. The van der Waals surface area contributed by atoms with E-state index in [2.05, 4.69) is 0 Å². The van der Waals surface area contributed by atoms with Gasteiger partial charge in [0.15, 0.2) is 0 Å². The molecule has 0 aliphatic heterocycles. The molecule has 0 fully saturated rings. The highest BCUT2D eigenvalue weighted by atomic mass is 19.4. The molecule has 0 aromatic rings. The highest BCUT2D eigenvalue weighted by Crippen LogP contribution is 2.58. The SMILES string of the molecule is C=C(C(F)(F)F)C(F)(F)C(F)(C(F)(F)F)C(F)(F)F. The fraction of sp³-hybridized carbons (Fsp3) is 0.714. The van der Waals surface area contributed by atoms with Crippen molar-refractivity contribution in [3.05, 3.63) is 12.2 Å². The van der Waals surface area contributed by atoms with Gasteiger partial charge in [0, 0.05) is 0 Å². The summed E-state index contributed by atoms with van der Waals surface area (Å²) in [6.07, 6.45) is -21.0. The van der Waals surface area contributed by atoms with Crippen molar-refractivity contribution in [2.45, 2.75) is 30.1 Å². The summed E-state index contributed by atoms with van der Waals surface area (Å²) in [7, 11) is 0. The monoisotopic (exact) mass is 314 g/mol. The molecular weight excluding hydrogens is 312 g/mol. The average Bonchev–Trinajstić information content (AvgIpc) is 2.09. The van der Waals surface area contributed by atoms with Gasteiger partial charge in [0.25, 0.3) is 0 Å². The summed E-state index contributed by atoms with van der Waals surface area (Å²) in [5.41, 5.74) is -11.2.